The molecule has 1 aromatic heterocycles. The van der Waals surface area contributed by atoms with E-state index in [1.807, 2.05) is 6.92 Å². The molecule has 0 aliphatic rings. The van der Waals surface area contributed by atoms with Crippen molar-refractivity contribution in [3.63, 3.8) is 0 Å². The molecule has 1 heterocycles. The third-order valence-electron chi connectivity index (χ3n) is 2.48. The van der Waals surface area contributed by atoms with Gasteiger partial charge in [-0.15, -0.1) is 11.3 Å². The summed E-state index contributed by atoms with van der Waals surface area (Å²) in [6, 6.07) is 6.13. The van der Waals surface area contributed by atoms with Crippen LogP contribution in [0.4, 0.5) is 11.4 Å². The maximum Gasteiger partial charge on any atom is 0.283 e. The molecule has 0 saturated carbocycles. The van der Waals surface area contributed by atoms with Crippen LogP contribution >= 0.6 is 43.2 Å². The van der Waals surface area contributed by atoms with E-state index in [9.17, 15) is 14.9 Å². The van der Waals surface area contributed by atoms with Gasteiger partial charge in [0.15, 0.2) is 0 Å². The number of halogens is 2. The van der Waals surface area contributed by atoms with E-state index in [0.29, 0.717) is 15.0 Å². The summed E-state index contributed by atoms with van der Waals surface area (Å²) in [6.45, 7) is 1.90. The molecule has 0 fully saturated rings. The van der Waals surface area contributed by atoms with Gasteiger partial charge >= 0.3 is 0 Å². The first-order valence-corrected chi connectivity index (χ1v) is 7.80. The highest BCUT2D eigenvalue weighted by Gasteiger charge is 2.15. The number of thiophene rings is 1. The number of aryl methyl sites for hydroxylation is 1. The lowest BCUT2D eigenvalue weighted by molar-refractivity contribution is -0.385. The van der Waals surface area contributed by atoms with Gasteiger partial charge in [-0.05, 0) is 62.5 Å². The average molecular weight is 420 g/mol. The maximum atomic E-state index is 12.0. The van der Waals surface area contributed by atoms with Crippen LogP contribution in [0, 0.1) is 17.0 Å². The molecule has 104 valence electrons. The van der Waals surface area contributed by atoms with Crippen molar-refractivity contribution in [2.75, 3.05) is 5.32 Å². The van der Waals surface area contributed by atoms with Gasteiger partial charge in [-0.2, -0.15) is 0 Å². The number of carbonyl (C=O) groups is 1. The van der Waals surface area contributed by atoms with Gasteiger partial charge in [0.05, 0.1) is 18.1 Å². The van der Waals surface area contributed by atoms with Crippen molar-refractivity contribution < 1.29 is 9.72 Å². The molecule has 0 aliphatic carbocycles. The minimum absolute atomic E-state index is 0.0438. The smallest absolute Gasteiger partial charge is 0.283 e. The summed E-state index contributed by atoms with van der Waals surface area (Å²) < 4.78 is 1.23. The molecular formula is C12H8Br2N2O3S. The van der Waals surface area contributed by atoms with E-state index in [1.54, 1.807) is 6.07 Å². The Labute approximate surface area is 135 Å². The van der Waals surface area contributed by atoms with E-state index in [-0.39, 0.29) is 11.6 Å². The number of anilines is 1. The first-order chi connectivity index (χ1) is 9.38. The number of carbonyl (C=O) groups excluding carboxylic acids is 1. The molecule has 0 unspecified atom stereocenters. The topological polar surface area (TPSA) is 72.2 Å². The number of nitro groups is 1. The van der Waals surface area contributed by atoms with E-state index >= 15 is 0 Å². The van der Waals surface area contributed by atoms with Crippen LogP contribution < -0.4 is 5.32 Å². The fraction of sp³-hybridized carbons (Fsp3) is 0.0833. The molecule has 2 aromatic rings. The SMILES string of the molecule is Cc1cc(C(=O)Nc2ccc([N+](=O)[O-])c(Br)c2)sc1Br. The first-order valence-electron chi connectivity index (χ1n) is 5.39. The van der Waals surface area contributed by atoms with Gasteiger partial charge in [-0.3, -0.25) is 14.9 Å². The molecule has 0 aliphatic heterocycles. The second-order valence-corrected chi connectivity index (χ2v) is 7.17. The lowest BCUT2D eigenvalue weighted by Gasteiger charge is -2.04. The predicted molar refractivity (Wildman–Crippen MR) is 85.5 cm³/mol. The highest BCUT2D eigenvalue weighted by atomic mass is 79.9. The van der Waals surface area contributed by atoms with Crippen LogP contribution in [-0.2, 0) is 0 Å². The van der Waals surface area contributed by atoms with Gasteiger partial charge in [0.25, 0.3) is 11.6 Å². The molecule has 0 saturated heterocycles. The lowest BCUT2D eigenvalue weighted by atomic mass is 10.2. The second kappa shape index (κ2) is 6.02. The van der Waals surface area contributed by atoms with E-state index in [4.69, 9.17) is 0 Å². The summed E-state index contributed by atoms with van der Waals surface area (Å²) in [5.41, 5.74) is 1.44. The lowest BCUT2D eigenvalue weighted by Crippen LogP contribution is -2.10. The number of benzene rings is 1. The highest BCUT2D eigenvalue weighted by molar-refractivity contribution is 9.11. The fourth-order valence-electron chi connectivity index (χ4n) is 1.50. The van der Waals surface area contributed by atoms with E-state index in [0.717, 1.165) is 9.35 Å². The summed E-state index contributed by atoms with van der Waals surface area (Å²) in [4.78, 5) is 22.8. The monoisotopic (exact) mass is 418 g/mol. The first kappa shape index (κ1) is 15.1. The number of rotatable bonds is 3. The Balaban J connectivity index is 2.20. The van der Waals surface area contributed by atoms with Crippen molar-refractivity contribution in [2.24, 2.45) is 0 Å². The summed E-state index contributed by atoms with van der Waals surface area (Å²) >= 11 is 7.81. The van der Waals surface area contributed by atoms with Crippen LogP contribution in [0.5, 0.6) is 0 Å². The molecule has 1 aromatic carbocycles. The Morgan fingerprint density at radius 3 is 2.55 bits per heavy atom. The Morgan fingerprint density at radius 1 is 1.35 bits per heavy atom. The van der Waals surface area contributed by atoms with Crippen LogP contribution in [0.25, 0.3) is 0 Å². The molecule has 2 rings (SSSR count). The predicted octanol–water partition coefficient (Wildman–Crippen LogP) is 4.74. The molecule has 0 atom stereocenters. The van der Waals surface area contributed by atoms with Gasteiger partial charge in [0.1, 0.15) is 0 Å². The van der Waals surface area contributed by atoms with Crippen molar-refractivity contribution in [1.82, 2.24) is 0 Å². The normalized spacial score (nSPS) is 10.3. The molecule has 20 heavy (non-hydrogen) atoms. The third kappa shape index (κ3) is 3.25. The zero-order valence-corrected chi connectivity index (χ0v) is 14.1. The van der Waals surface area contributed by atoms with Gasteiger partial charge in [0.2, 0.25) is 0 Å². The second-order valence-electron chi connectivity index (χ2n) is 3.94. The number of nitro benzene ring substituents is 1. The van der Waals surface area contributed by atoms with Crippen LogP contribution in [0.2, 0.25) is 0 Å². The van der Waals surface area contributed by atoms with Crippen molar-refractivity contribution in [3.05, 3.63) is 53.1 Å². The Kier molecular flexibility index (Phi) is 4.56. The third-order valence-corrected chi connectivity index (χ3v) is 5.25. The van der Waals surface area contributed by atoms with Crippen LogP contribution in [0.1, 0.15) is 15.2 Å². The number of hydrogen-bond acceptors (Lipinski definition) is 4. The largest absolute Gasteiger partial charge is 0.321 e. The van der Waals surface area contributed by atoms with Crippen LogP contribution in [0.15, 0.2) is 32.5 Å². The van der Waals surface area contributed by atoms with Gasteiger partial charge in [-0.1, -0.05) is 0 Å². The standard InChI is InChI=1S/C12H8Br2N2O3S/c1-6-4-10(20-11(6)14)12(17)15-7-2-3-9(16(18)19)8(13)5-7/h2-5H,1H3,(H,15,17). The summed E-state index contributed by atoms with van der Waals surface area (Å²) in [5, 5.41) is 13.4. The summed E-state index contributed by atoms with van der Waals surface area (Å²) in [5.74, 6) is -0.246. The Bertz CT molecular complexity index is 681. The Hall–Kier alpha value is -1.25. The average Bonchev–Trinajstić information content (AvgIpc) is 2.69. The van der Waals surface area contributed by atoms with Crippen molar-refractivity contribution in [2.45, 2.75) is 6.92 Å². The minimum Gasteiger partial charge on any atom is -0.321 e. The molecule has 1 N–H and O–H groups in total. The van der Waals surface area contributed by atoms with E-state index in [1.165, 1.54) is 29.5 Å². The molecule has 1 amide bonds. The zero-order valence-electron chi connectivity index (χ0n) is 10.1. The molecule has 0 radical (unpaired) electrons. The molecular weight excluding hydrogens is 412 g/mol. The number of nitrogens with zero attached hydrogens (tertiary/aromatic N) is 1. The van der Waals surface area contributed by atoms with Crippen molar-refractivity contribution in [1.29, 1.82) is 0 Å². The molecule has 0 bridgehead atoms. The summed E-state index contributed by atoms with van der Waals surface area (Å²) in [6.07, 6.45) is 0. The Morgan fingerprint density at radius 2 is 2.05 bits per heavy atom. The summed E-state index contributed by atoms with van der Waals surface area (Å²) in [7, 11) is 0. The van der Waals surface area contributed by atoms with Crippen LogP contribution in [-0.4, -0.2) is 10.8 Å². The van der Waals surface area contributed by atoms with Crippen molar-refractivity contribution >= 4 is 60.5 Å². The number of nitrogens with one attached hydrogen (secondary N) is 1. The van der Waals surface area contributed by atoms with Gasteiger partial charge in [0, 0.05) is 11.8 Å². The van der Waals surface area contributed by atoms with Crippen LogP contribution in [0.3, 0.4) is 0 Å². The van der Waals surface area contributed by atoms with Crippen molar-refractivity contribution in [3.8, 4) is 0 Å². The number of amides is 1. The van der Waals surface area contributed by atoms with Gasteiger partial charge in [-0.25, -0.2) is 0 Å². The fourth-order valence-corrected chi connectivity index (χ4v) is 3.45. The van der Waals surface area contributed by atoms with Gasteiger partial charge < -0.3 is 5.32 Å². The minimum atomic E-state index is -0.491. The van der Waals surface area contributed by atoms with E-state index < -0.39 is 4.92 Å². The molecule has 0 spiro atoms. The maximum absolute atomic E-state index is 12.0. The number of hydrogen-bond donors (Lipinski definition) is 1. The van der Waals surface area contributed by atoms with E-state index in [2.05, 4.69) is 37.2 Å². The zero-order chi connectivity index (χ0) is 14.9. The molecule has 5 nitrogen and oxygen atoms in total. The molecule has 8 heteroatoms. The highest BCUT2D eigenvalue weighted by Crippen LogP contribution is 2.30. The quantitative estimate of drug-likeness (QED) is 0.576.